The Labute approximate surface area is 118 Å². The number of rotatable bonds is 4. The molecular weight excluding hydrogens is 256 g/mol. The maximum absolute atomic E-state index is 5.78. The summed E-state index contributed by atoms with van der Waals surface area (Å²) >= 11 is 5.11. The lowest BCUT2D eigenvalue weighted by Gasteiger charge is -2.13. The molecular formula is C14H18N4S. The van der Waals surface area contributed by atoms with Crippen molar-refractivity contribution >= 4 is 28.6 Å². The fraction of sp³-hybridized carbons (Fsp3) is 0.286. The van der Waals surface area contributed by atoms with E-state index < -0.39 is 0 Å². The largest absolute Gasteiger partial charge is 0.389 e. The highest BCUT2D eigenvalue weighted by Crippen LogP contribution is 2.26. The van der Waals surface area contributed by atoms with Crippen LogP contribution in [0.4, 0.5) is 11.4 Å². The third kappa shape index (κ3) is 2.76. The molecule has 0 amide bonds. The van der Waals surface area contributed by atoms with Gasteiger partial charge in [-0.3, -0.25) is 4.68 Å². The second kappa shape index (κ2) is 5.40. The van der Waals surface area contributed by atoms with Gasteiger partial charge in [0.2, 0.25) is 0 Å². The molecule has 1 aromatic heterocycles. The number of nitrogens with one attached hydrogen (secondary N) is 1. The van der Waals surface area contributed by atoms with E-state index >= 15 is 0 Å². The first-order chi connectivity index (χ1) is 9.02. The third-order valence-electron chi connectivity index (χ3n) is 3.04. The van der Waals surface area contributed by atoms with E-state index in [1.165, 1.54) is 0 Å². The highest BCUT2D eigenvalue weighted by Gasteiger charge is 2.11. The molecule has 1 heterocycles. The highest BCUT2D eigenvalue weighted by atomic mass is 32.1. The SMILES string of the molecule is CCc1nn(C)cc1Nc1c(C)cccc1C(N)=S. The van der Waals surface area contributed by atoms with Crippen molar-refractivity contribution in [3.8, 4) is 0 Å². The number of para-hydroxylation sites is 1. The Morgan fingerprint density at radius 3 is 2.84 bits per heavy atom. The molecule has 0 aliphatic carbocycles. The standard InChI is InChI=1S/C14H18N4S/c1-4-11-12(8-18(3)17-11)16-13-9(2)6-5-7-10(13)14(15)19/h5-8,16H,4H2,1-3H3,(H2,15,19). The molecule has 0 unspecified atom stereocenters. The topological polar surface area (TPSA) is 55.9 Å². The fourth-order valence-electron chi connectivity index (χ4n) is 2.07. The van der Waals surface area contributed by atoms with E-state index in [0.29, 0.717) is 4.99 Å². The zero-order valence-corrected chi connectivity index (χ0v) is 12.2. The van der Waals surface area contributed by atoms with Crippen LogP contribution < -0.4 is 11.1 Å². The number of hydrogen-bond donors (Lipinski definition) is 2. The summed E-state index contributed by atoms with van der Waals surface area (Å²) in [5.41, 5.74) is 10.7. The Hall–Kier alpha value is -1.88. The Morgan fingerprint density at radius 2 is 2.21 bits per heavy atom. The zero-order chi connectivity index (χ0) is 14.0. The van der Waals surface area contributed by atoms with E-state index in [4.69, 9.17) is 18.0 Å². The number of aryl methyl sites for hydroxylation is 3. The molecule has 4 nitrogen and oxygen atoms in total. The quantitative estimate of drug-likeness (QED) is 0.842. The van der Waals surface area contributed by atoms with Gasteiger partial charge in [0.05, 0.1) is 17.1 Å². The van der Waals surface area contributed by atoms with Gasteiger partial charge >= 0.3 is 0 Å². The van der Waals surface area contributed by atoms with Gasteiger partial charge in [-0.05, 0) is 25.0 Å². The van der Waals surface area contributed by atoms with Crippen molar-refractivity contribution in [2.45, 2.75) is 20.3 Å². The summed E-state index contributed by atoms with van der Waals surface area (Å²) < 4.78 is 1.81. The lowest BCUT2D eigenvalue weighted by molar-refractivity contribution is 0.746. The van der Waals surface area contributed by atoms with Crippen molar-refractivity contribution in [2.75, 3.05) is 5.32 Å². The Bertz CT molecular complexity index is 616. The predicted molar refractivity (Wildman–Crippen MR) is 82.9 cm³/mol. The third-order valence-corrected chi connectivity index (χ3v) is 3.26. The van der Waals surface area contributed by atoms with Crippen LogP contribution in [0.25, 0.3) is 0 Å². The van der Waals surface area contributed by atoms with Crippen LogP contribution in [-0.2, 0) is 13.5 Å². The smallest absolute Gasteiger partial charge is 0.106 e. The number of benzene rings is 1. The molecule has 5 heteroatoms. The van der Waals surface area contributed by atoms with Gasteiger partial charge in [-0.2, -0.15) is 5.10 Å². The van der Waals surface area contributed by atoms with Crippen LogP contribution >= 0.6 is 12.2 Å². The van der Waals surface area contributed by atoms with Crippen LogP contribution in [0, 0.1) is 6.92 Å². The molecule has 2 aromatic rings. The monoisotopic (exact) mass is 274 g/mol. The van der Waals surface area contributed by atoms with Gasteiger partial charge in [-0.25, -0.2) is 0 Å². The maximum Gasteiger partial charge on any atom is 0.106 e. The van der Waals surface area contributed by atoms with Crippen LogP contribution in [0.3, 0.4) is 0 Å². The van der Waals surface area contributed by atoms with Gasteiger partial charge in [0.1, 0.15) is 4.99 Å². The van der Waals surface area contributed by atoms with E-state index in [-0.39, 0.29) is 0 Å². The zero-order valence-electron chi connectivity index (χ0n) is 11.4. The summed E-state index contributed by atoms with van der Waals surface area (Å²) in [6, 6.07) is 5.92. The van der Waals surface area contributed by atoms with E-state index in [1.807, 2.05) is 38.4 Å². The molecule has 0 saturated carbocycles. The summed E-state index contributed by atoms with van der Waals surface area (Å²) in [5, 5.41) is 7.83. The summed E-state index contributed by atoms with van der Waals surface area (Å²) in [4.78, 5) is 0.396. The molecule has 0 spiro atoms. The first-order valence-corrected chi connectivity index (χ1v) is 6.62. The lowest BCUT2D eigenvalue weighted by atomic mass is 10.1. The number of nitrogens with two attached hydrogens (primary N) is 1. The molecule has 0 bridgehead atoms. The molecule has 0 fully saturated rings. The van der Waals surface area contributed by atoms with Crippen molar-refractivity contribution in [2.24, 2.45) is 12.8 Å². The van der Waals surface area contributed by atoms with E-state index in [9.17, 15) is 0 Å². The number of anilines is 2. The fourth-order valence-corrected chi connectivity index (χ4v) is 2.24. The molecule has 100 valence electrons. The summed E-state index contributed by atoms with van der Waals surface area (Å²) in [6.45, 7) is 4.12. The van der Waals surface area contributed by atoms with Crippen molar-refractivity contribution in [3.63, 3.8) is 0 Å². The van der Waals surface area contributed by atoms with Gasteiger partial charge in [0.15, 0.2) is 0 Å². The van der Waals surface area contributed by atoms with E-state index in [2.05, 4.69) is 17.3 Å². The van der Waals surface area contributed by atoms with Gasteiger partial charge in [0, 0.05) is 18.8 Å². The lowest BCUT2D eigenvalue weighted by Crippen LogP contribution is -2.12. The average Bonchev–Trinajstić information content (AvgIpc) is 2.71. The molecule has 1 aromatic carbocycles. The maximum atomic E-state index is 5.78. The van der Waals surface area contributed by atoms with Crippen LogP contribution in [0.5, 0.6) is 0 Å². The van der Waals surface area contributed by atoms with Gasteiger partial charge in [0.25, 0.3) is 0 Å². The first-order valence-electron chi connectivity index (χ1n) is 6.22. The Kier molecular flexibility index (Phi) is 3.85. The summed E-state index contributed by atoms with van der Waals surface area (Å²) in [7, 11) is 1.91. The van der Waals surface area contributed by atoms with Crippen molar-refractivity contribution in [1.29, 1.82) is 0 Å². The Morgan fingerprint density at radius 1 is 1.47 bits per heavy atom. The number of hydrogen-bond acceptors (Lipinski definition) is 3. The Balaban J connectivity index is 2.45. The van der Waals surface area contributed by atoms with Crippen molar-refractivity contribution < 1.29 is 0 Å². The molecule has 3 N–H and O–H groups in total. The minimum absolute atomic E-state index is 0.396. The normalized spacial score (nSPS) is 10.5. The van der Waals surface area contributed by atoms with Gasteiger partial charge < -0.3 is 11.1 Å². The molecule has 0 aliphatic heterocycles. The number of aromatic nitrogens is 2. The van der Waals surface area contributed by atoms with Crippen LogP contribution in [0.2, 0.25) is 0 Å². The molecule has 0 aliphatic rings. The molecule has 0 atom stereocenters. The van der Waals surface area contributed by atoms with Crippen LogP contribution in [-0.4, -0.2) is 14.8 Å². The summed E-state index contributed by atoms with van der Waals surface area (Å²) in [5.74, 6) is 0. The van der Waals surface area contributed by atoms with Crippen LogP contribution in [0.1, 0.15) is 23.7 Å². The molecule has 0 saturated heterocycles. The average molecular weight is 274 g/mol. The van der Waals surface area contributed by atoms with Crippen molar-refractivity contribution in [1.82, 2.24) is 9.78 Å². The minimum Gasteiger partial charge on any atom is -0.389 e. The summed E-state index contributed by atoms with van der Waals surface area (Å²) in [6.07, 6.45) is 2.84. The van der Waals surface area contributed by atoms with Gasteiger partial charge in [-0.1, -0.05) is 31.3 Å². The second-order valence-corrected chi connectivity index (χ2v) is 4.94. The minimum atomic E-state index is 0.396. The molecule has 2 rings (SSSR count). The number of nitrogens with zero attached hydrogens (tertiary/aromatic N) is 2. The molecule has 19 heavy (non-hydrogen) atoms. The predicted octanol–water partition coefficient (Wildman–Crippen LogP) is 2.67. The highest BCUT2D eigenvalue weighted by molar-refractivity contribution is 7.80. The molecule has 0 radical (unpaired) electrons. The second-order valence-electron chi connectivity index (χ2n) is 4.50. The van der Waals surface area contributed by atoms with Crippen molar-refractivity contribution in [3.05, 3.63) is 41.2 Å². The van der Waals surface area contributed by atoms with Gasteiger partial charge in [-0.15, -0.1) is 0 Å². The number of thiocarbonyl (C=S) groups is 1. The van der Waals surface area contributed by atoms with E-state index in [0.717, 1.165) is 34.6 Å². The van der Waals surface area contributed by atoms with E-state index in [1.54, 1.807) is 4.68 Å². The first kappa shape index (κ1) is 13.5. The van der Waals surface area contributed by atoms with Crippen LogP contribution in [0.15, 0.2) is 24.4 Å².